The summed E-state index contributed by atoms with van der Waals surface area (Å²) < 4.78 is 8.40. The van der Waals surface area contributed by atoms with Crippen LogP contribution < -0.4 is 10.5 Å². The second kappa shape index (κ2) is 10.6. The van der Waals surface area contributed by atoms with E-state index in [2.05, 4.69) is 32.0 Å². The molecule has 40 heavy (non-hydrogen) atoms. The molecule has 0 unspecified atom stereocenters. The summed E-state index contributed by atoms with van der Waals surface area (Å²) in [6, 6.07) is 8.17. The molecule has 3 aliphatic rings. The Morgan fingerprint density at radius 1 is 1.05 bits per heavy atom. The van der Waals surface area contributed by atoms with Gasteiger partial charge in [-0.1, -0.05) is 13.0 Å². The Morgan fingerprint density at radius 3 is 2.48 bits per heavy atom. The number of benzene rings is 1. The topological polar surface area (TPSA) is 109 Å². The summed E-state index contributed by atoms with van der Waals surface area (Å²) in [6.45, 7) is 8.70. The number of likely N-dealkylation sites (tertiary alicyclic amines) is 1. The highest BCUT2D eigenvalue weighted by Gasteiger charge is 2.48. The molecule has 3 aromatic rings. The first-order valence-corrected chi connectivity index (χ1v) is 14.3. The number of fused-ring (bicyclic) bond motifs is 1. The van der Waals surface area contributed by atoms with Gasteiger partial charge in [0.25, 0.3) is 5.56 Å². The van der Waals surface area contributed by atoms with Crippen molar-refractivity contribution >= 4 is 22.6 Å². The number of ether oxygens (including phenoxy) is 1. The smallest absolute Gasteiger partial charge is 0.264 e. The Bertz CT molecular complexity index is 1430. The van der Waals surface area contributed by atoms with Crippen molar-refractivity contribution in [3.63, 3.8) is 0 Å². The number of carbonyl (C=O) groups is 1. The lowest BCUT2D eigenvalue weighted by Gasteiger charge is -2.39. The molecular weight excluding hydrogens is 510 g/mol. The van der Waals surface area contributed by atoms with Gasteiger partial charge in [-0.25, -0.2) is 9.67 Å². The summed E-state index contributed by atoms with van der Waals surface area (Å²) in [5.74, 6) is 0.190. The van der Waals surface area contributed by atoms with E-state index in [1.54, 1.807) is 18.0 Å². The van der Waals surface area contributed by atoms with E-state index in [1.165, 1.54) is 10.9 Å². The van der Waals surface area contributed by atoms with Gasteiger partial charge in [0.1, 0.15) is 11.7 Å². The number of piperazine rings is 1. The first kappa shape index (κ1) is 26.9. The SMILES string of the molecule is COCCN1CCN(c2cccc(-n3ncc4c(=O)n(CC5(O)CCN(C(=O)C6(C)CC6)CC5)cnc43)c2)CC1. The van der Waals surface area contributed by atoms with E-state index in [0.29, 0.717) is 37.0 Å². The van der Waals surface area contributed by atoms with Crippen molar-refractivity contribution in [2.24, 2.45) is 5.41 Å². The highest BCUT2D eigenvalue weighted by atomic mass is 16.5. The molecule has 1 amide bonds. The van der Waals surface area contributed by atoms with Gasteiger partial charge in [-0.05, 0) is 43.9 Å². The second-order valence-corrected chi connectivity index (χ2v) is 11.9. The molecule has 2 aliphatic heterocycles. The molecule has 2 aromatic heterocycles. The number of methoxy groups -OCH3 is 1. The van der Waals surface area contributed by atoms with Crippen LogP contribution in [0.3, 0.4) is 0 Å². The lowest BCUT2D eigenvalue weighted by Crippen LogP contribution is -2.51. The van der Waals surface area contributed by atoms with E-state index >= 15 is 0 Å². The van der Waals surface area contributed by atoms with E-state index in [9.17, 15) is 14.7 Å². The maximum absolute atomic E-state index is 13.4. The maximum Gasteiger partial charge on any atom is 0.264 e. The van der Waals surface area contributed by atoms with Gasteiger partial charge >= 0.3 is 0 Å². The minimum Gasteiger partial charge on any atom is -0.388 e. The molecule has 0 atom stereocenters. The van der Waals surface area contributed by atoms with Crippen LogP contribution in [-0.4, -0.2) is 105 Å². The van der Waals surface area contributed by atoms with E-state index < -0.39 is 5.60 Å². The van der Waals surface area contributed by atoms with Gasteiger partial charge in [0.15, 0.2) is 5.65 Å². The summed E-state index contributed by atoms with van der Waals surface area (Å²) >= 11 is 0. The molecule has 6 rings (SSSR count). The molecule has 11 heteroatoms. The zero-order valence-electron chi connectivity index (χ0n) is 23.5. The van der Waals surface area contributed by atoms with Gasteiger partial charge < -0.3 is 19.6 Å². The zero-order chi connectivity index (χ0) is 27.9. The van der Waals surface area contributed by atoms with Crippen LogP contribution in [0.5, 0.6) is 0 Å². The van der Waals surface area contributed by atoms with Gasteiger partial charge in [0.2, 0.25) is 5.91 Å². The van der Waals surface area contributed by atoms with E-state index in [0.717, 1.165) is 63.5 Å². The molecule has 3 fully saturated rings. The third-order valence-electron chi connectivity index (χ3n) is 8.94. The summed E-state index contributed by atoms with van der Waals surface area (Å²) in [5.41, 5.74) is 0.964. The highest BCUT2D eigenvalue weighted by Crippen LogP contribution is 2.47. The summed E-state index contributed by atoms with van der Waals surface area (Å²) in [7, 11) is 1.73. The van der Waals surface area contributed by atoms with Crippen molar-refractivity contribution in [1.82, 2.24) is 29.1 Å². The number of hydrogen-bond donors (Lipinski definition) is 1. The number of anilines is 1. The molecule has 4 heterocycles. The van der Waals surface area contributed by atoms with Gasteiger partial charge in [-0.3, -0.25) is 19.1 Å². The highest BCUT2D eigenvalue weighted by molar-refractivity contribution is 5.85. The number of aromatic nitrogens is 4. The van der Waals surface area contributed by atoms with Gasteiger partial charge in [-0.2, -0.15) is 5.10 Å². The van der Waals surface area contributed by atoms with Crippen LogP contribution in [0.25, 0.3) is 16.7 Å². The Morgan fingerprint density at radius 2 is 1.77 bits per heavy atom. The third kappa shape index (κ3) is 5.25. The molecular formula is C29H39N7O4. The number of rotatable bonds is 8. The molecule has 2 saturated heterocycles. The van der Waals surface area contributed by atoms with Crippen LogP contribution in [-0.2, 0) is 16.1 Å². The summed E-state index contributed by atoms with van der Waals surface area (Å²) in [5, 5.41) is 16.2. The van der Waals surface area contributed by atoms with Crippen LogP contribution in [0.15, 0.2) is 41.6 Å². The van der Waals surface area contributed by atoms with Gasteiger partial charge in [-0.15, -0.1) is 0 Å². The zero-order valence-corrected chi connectivity index (χ0v) is 23.5. The van der Waals surface area contributed by atoms with E-state index in [1.807, 2.05) is 24.0 Å². The van der Waals surface area contributed by atoms with E-state index in [4.69, 9.17) is 4.74 Å². The lowest BCUT2D eigenvalue weighted by molar-refractivity contribution is -0.141. The molecule has 214 valence electrons. The predicted molar refractivity (Wildman–Crippen MR) is 152 cm³/mol. The molecule has 0 spiro atoms. The summed E-state index contributed by atoms with van der Waals surface area (Å²) in [6.07, 6.45) is 5.82. The minimum atomic E-state index is -1.06. The van der Waals surface area contributed by atoms with E-state index in [-0.39, 0.29) is 23.4 Å². The number of hydrogen-bond acceptors (Lipinski definition) is 8. The number of amides is 1. The maximum atomic E-state index is 13.4. The second-order valence-electron chi connectivity index (χ2n) is 11.9. The Labute approximate surface area is 233 Å². The average molecular weight is 550 g/mol. The fourth-order valence-corrected chi connectivity index (χ4v) is 5.91. The lowest BCUT2D eigenvalue weighted by atomic mass is 9.90. The molecule has 1 aliphatic carbocycles. The Hall–Kier alpha value is -3.28. The number of aliphatic hydroxyl groups is 1. The first-order chi connectivity index (χ1) is 19.3. The summed E-state index contributed by atoms with van der Waals surface area (Å²) in [4.78, 5) is 37.3. The van der Waals surface area contributed by atoms with Crippen molar-refractivity contribution in [2.75, 3.05) is 64.4 Å². The van der Waals surface area contributed by atoms with Crippen molar-refractivity contribution in [3.8, 4) is 5.69 Å². The molecule has 0 bridgehead atoms. The quantitative estimate of drug-likeness (QED) is 0.451. The number of carbonyl (C=O) groups excluding carboxylic acids is 1. The largest absolute Gasteiger partial charge is 0.388 e. The van der Waals surface area contributed by atoms with Crippen LogP contribution >= 0.6 is 0 Å². The van der Waals surface area contributed by atoms with Crippen LogP contribution in [0.2, 0.25) is 0 Å². The van der Waals surface area contributed by atoms with Gasteiger partial charge in [0.05, 0.1) is 30.6 Å². The average Bonchev–Trinajstić information content (AvgIpc) is 3.58. The molecule has 0 radical (unpaired) electrons. The standard InChI is InChI=1S/C29H39N7O4/c1-28(6-7-28)27(38)34-10-8-29(39,9-11-34)20-35-21-30-25-24(26(35)37)19-31-36(25)23-5-3-4-22(18-23)33-14-12-32(13-15-33)16-17-40-2/h3-5,18-19,21,39H,6-17,20H2,1-2H3. The fraction of sp³-hybridized carbons (Fsp3) is 0.586. The molecule has 11 nitrogen and oxygen atoms in total. The molecule has 1 aromatic carbocycles. The Balaban J connectivity index is 1.15. The minimum absolute atomic E-state index is 0.144. The third-order valence-corrected chi connectivity index (χ3v) is 8.94. The number of piperidine rings is 1. The first-order valence-electron chi connectivity index (χ1n) is 14.3. The van der Waals surface area contributed by atoms with Crippen molar-refractivity contribution < 1.29 is 14.6 Å². The fourth-order valence-electron chi connectivity index (χ4n) is 5.91. The molecule has 1 N–H and O–H groups in total. The Kier molecular flexibility index (Phi) is 7.14. The normalized spacial score (nSPS) is 20.7. The number of nitrogens with zero attached hydrogens (tertiary/aromatic N) is 7. The van der Waals surface area contributed by atoms with Crippen molar-refractivity contribution in [1.29, 1.82) is 0 Å². The monoisotopic (exact) mass is 549 g/mol. The van der Waals surface area contributed by atoms with Gasteiger partial charge in [0, 0.05) is 64.0 Å². The van der Waals surface area contributed by atoms with Crippen LogP contribution in [0.4, 0.5) is 5.69 Å². The van der Waals surface area contributed by atoms with Crippen LogP contribution in [0, 0.1) is 5.41 Å². The predicted octanol–water partition coefficient (Wildman–Crippen LogP) is 1.50. The van der Waals surface area contributed by atoms with Crippen molar-refractivity contribution in [3.05, 3.63) is 47.1 Å². The molecule has 1 saturated carbocycles. The van der Waals surface area contributed by atoms with Crippen molar-refractivity contribution in [2.45, 2.75) is 44.8 Å². The van der Waals surface area contributed by atoms with Crippen LogP contribution in [0.1, 0.15) is 32.6 Å².